The van der Waals surface area contributed by atoms with Crippen LogP contribution in [0.5, 0.6) is 0 Å². The van der Waals surface area contributed by atoms with Crippen LogP contribution in [-0.4, -0.2) is 0 Å². The average molecular weight is 153 g/mol. The molecule has 1 aromatic rings. The maximum atomic E-state index is 12.6. The molecular formula is C8H5F2N. The fourth-order valence-electron chi connectivity index (χ4n) is 0.743. The molecule has 1 nitrogen and oxygen atoms in total. The lowest BCUT2D eigenvalue weighted by Crippen LogP contribution is -1.89. The summed E-state index contributed by atoms with van der Waals surface area (Å²) >= 11 is 0. The summed E-state index contributed by atoms with van der Waals surface area (Å²) in [6, 6.07) is 3.52. The van der Waals surface area contributed by atoms with Crippen molar-refractivity contribution in [3.05, 3.63) is 34.9 Å². The Morgan fingerprint density at radius 2 is 1.91 bits per heavy atom. The second-order valence-electron chi connectivity index (χ2n) is 2.19. The molecule has 0 bridgehead atoms. The highest BCUT2D eigenvalue weighted by Gasteiger charge is 2.05. The van der Waals surface area contributed by atoms with Gasteiger partial charge in [-0.15, -0.1) is 0 Å². The van der Waals surface area contributed by atoms with Gasteiger partial charge in [0.2, 0.25) is 0 Å². The van der Waals surface area contributed by atoms with E-state index in [-0.39, 0.29) is 11.1 Å². The molecule has 0 aromatic heterocycles. The van der Waals surface area contributed by atoms with Gasteiger partial charge in [0.05, 0.1) is 5.56 Å². The highest BCUT2D eigenvalue weighted by molar-refractivity contribution is 5.34. The standard InChI is InChI=1S/C8H5F2N/c1-5-2-6(4-11)8(10)3-7(5)9/h2-3H,1H3. The molecular weight excluding hydrogens is 148 g/mol. The third-order valence-corrected chi connectivity index (χ3v) is 1.37. The van der Waals surface area contributed by atoms with Crippen molar-refractivity contribution in [1.29, 1.82) is 5.26 Å². The molecule has 1 rings (SSSR count). The molecule has 0 N–H and O–H groups in total. The van der Waals surface area contributed by atoms with Crippen molar-refractivity contribution in [2.45, 2.75) is 6.92 Å². The number of hydrogen-bond donors (Lipinski definition) is 0. The van der Waals surface area contributed by atoms with Crippen molar-refractivity contribution in [2.24, 2.45) is 0 Å². The van der Waals surface area contributed by atoms with Gasteiger partial charge in [-0.1, -0.05) is 0 Å². The predicted octanol–water partition coefficient (Wildman–Crippen LogP) is 2.14. The monoisotopic (exact) mass is 153 g/mol. The van der Waals surface area contributed by atoms with E-state index in [0.29, 0.717) is 6.07 Å². The summed E-state index contributed by atoms with van der Waals surface area (Å²) in [5.74, 6) is -1.43. The topological polar surface area (TPSA) is 23.8 Å². The van der Waals surface area contributed by atoms with E-state index in [2.05, 4.69) is 0 Å². The fraction of sp³-hybridized carbons (Fsp3) is 0.125. The lowest BCUT2D eigenvalue weighted by molar-refractivity contribution is 0.575. The summed E-state index contributed by atoms with van der Waals surface area (Å²) in [7, 11) is 0. The van der Waals surface area contributed by atoms with E-state index in [1.54, 1.807) is 6.07 Å². The largest absolute Gasteiger partial charge is 0.207 e. The minimum absolute atomic E-state index is 0.121. The van der Waals surface area contributed by atoms with Crippen LogP contribution in [0.2, 0.25) is 0 Å². The van der Waals surface area contributed by atoms with E-state index < -0.39 is 11.6 Å². The van der Waals surface area contributed by atoms with Crippen LogP contribution in [0.4, 0.5) is 8.78 Å². The summed E-state index contributed by atoms with van der Waals surface area (Å²) < 4.78 is 25.1. The lowest BCUT2D eigenvalue weighted by Gasteiger charge is -1.96. The fourth-order valence-corrected chi connectivity index (χ4v) is 0.743. The number of nitrogens with zero attached hydrogens (tertiary/aromatic N) is 1. The molecule has 0 amide bonds. The molecule has 1 aromatic carbocycles. The number of nitriles is 1. The zero-order valence-corrected chi connectivity index (χ0v) is 5.86. The Labute approximate surface area is 62.9 Å². The average Bonchev–Trinajstić information content (AvgIpc) is 1.97. The molecule has 0 radical (unpaired) electrons. The van der Waals surface area contributed by atoms with Gasteiger partial charge in [-0.3, -0.25) is 0 Å². The highest BCUT2D eigenvalue weighted by Crippen LogP contribution is 2.12. The van der Waals surface area contributed by atoms with Crippen LogP contribution < -0.4 is 0 Å². The van der Waals surface area contributed by atoms with Crippen LogP contribution >= 0.6 is 0 Å². The molecule has 0 atom stereocenters. The normalized spacial score (nSPS) is 9.27. The summed E-state index contributed by atoms with van der Waals surface area (Å²) in [6.45, 7) is 1.48. The second-order valence-corrected chi connectivity index (χ2v) is 2.19. The van der Waals surface area contributed by atoms with Crippen molar-refractivity contribution < 1.29 is 8.78 Å². The van der Waals surface area contributed by atoms with Crippen molar-refractivity contribution in [1.82, 2.24) is 0 Å². The summed E-state index contributed by atoms with van der Waals surface area (Å²) in [4.78, 5) is 0. The molecule has 3 heteroatoms. The van der Waals surface area contributed by atoms with Gasteiger partial charge in [0.25, 0.3) is 0 Å². The molecule has 0 aliphatic carbocycles. The maximum Gasteiger partial charge on any atom is 0.143 e. The first-order chi connectivity index (χ1) is 5.15. The van der Waals surface area contributed by atoms with E-state index in [1.807, 2.05) is 0 Å². The van der Waals surface area contributed by atoms with Crippen molar-refractivity contribution in [3.8, 4) is 6.07 Å². The third kappa shape index (κ3) is 1.35. The molecule has 0 spiro atoms. The van der Waals surface area contributed by atoms with Crippen molar-refractivity contribution in [3.63, 3.8) is 0 Å². The van der Waals surface area contributed by atoms with Gasteiger partial charge in [-0.25, -0.2) is 8.78 Å². The quantitative estimate of drug-likeness (QED) is 0.560. The zero-order valence-electron chi connectivity index (χ0n) is 5.86. The van der Waals surface area contributed by atoms with Crippen molar-refractivity contribution >= 4 is 0 Å². The molecule has 0 fully saturated rings. The Hall–Kier alpha value is -1.43. The Morgan fingerprint density at radius 3 is 2.45 bits per heavy atom. The Balaban J connectivity index is 3.35. The highest BCUT2D eigenvalue weighted by atomic mass is 19.1. The van der Waals surface area contributed by atoms with E-state index in [0.717, 1.165) is 0 Å². The van der Waals surface area contributed by atoms with E-state index in [4.69, 9.17) is 5.26 Å². The first-order valence-corrected chi connectivity index (χ1v) is 3.01. The van der Waals surface area contributed by atoms with Crippen LogP contribution in [0.15, 0.2) is 12.1 Å². The molecule has 11 heavy (non-hydrogen) atoms. The zero-order chi connectivity index (χ0) is 8.43. The Bertz CT molecular complexity index is 326. The lowest BCUT2D eigenvalue weighted by atomic mass is 10.1. The maximum absolute atomic E-state index is 12.6. The molecule has 0 saturated heterocycles. The van der Waals surface area contributed by atoms with Gasteiger partial charge in [-0.05, 0) is 18.6 Å². The van der Waals surface area contributed by atoms with Crippen LogP contribution in [0, 0.1) is 29.9 Å². The van der Waals surface area contributed by atoms with Gasteiger partial charge >= 0.3 is 0 Å². The molecule has 0 heterocycles. The van der Waals surface area contributed by atoms with Gasteiger partial charge in [-0.2, -0.15) is 5.26 Å². The van der Waals surface area contributed by atoms with Crippen LogP contribution in [0.1, 0.15) is 11.1 Å². The molecule has 0 aliphatic heterocycles. The number of benzene rings is 1. The molecule has 0 saturated carbocycles. The minimum atomic E-state index is -0.810. The van der Waals surface area contributed by atoms with Gasteiger partial charge in [0.15, 0.2) is 0 Å². The molecule has 0 unspecified atom stereocenters. The number of aryl methyl sites for hydroxylation is 1. The first-order valence-electron chi connectivity index (χ1n) is 3.01. The smallest absolute Gasteiger partial charge is 0.143 e. The first kappa shape index (κ1) is 7.67. The van der Waals surface area contributed by atoms with E-state index in [9.17, 15) is 8.78 Å². The Kier molecular flexibility index (Phi) is 1.86. The summed E-state index contributed by atoms with van der Waals surface area (Å²) in [6.07, 6.45) is 0. The summed E-state index contributed by atoms with van der Waals surface area (Å²) in [5.41, 5.74) is 0.159. The number of hydrogen-bond acceptors (Lipinski definition) is 1. The Morgan fingerprint density at radius 1 is 1.27 bits per heavy atom. The van der Waals surface area contributed by atoms with E-state index >= 15 is 0 Å². The predicted molar refractivity (Wildman–Crippen MR) is 35.8 cm³/mol. The van der Waals surface area contributed by atoms with Crippen LogP contribution in [0.3, 0.4) is 0 Å². The third-order valence-electron chi connectivity index (χ3n) is 1.37. The van der Waals surface area contributed by atoms with Crippen LogP contribution in [0.25, 0.3) is 0 Å². The van der Waals surface area contributed by atoms with Crippen LogP contribution in [-0.2, 0) is 0 Å². The van der Waals surface area contributed by atoms with Gasteiger partial charge < -0.3 is 0 Å². The second kappa shape index (κ2) is 2.67. The molecule has 0 aliphatic rings. The van der Waals surface area contributed by atoms with Crippen molar-refractivity contribution in [2.75, 3.05) is 0 Å². The summed E-state index contributed by atoms with van der Waals surface area (Å²) in [5, 5.41) is 8.32. The van der Waals surface area contributed by atoms with E-state index in [1.165, 1.54) is 13.0 Å². The van der Waals surface area contributed by atoms with Gasteiger partial charge in [0, 0.05) is 6.07 Å². The van der Waals surface area contributed by atoms with Gasteiger partial charge in [0.1, 0.15) is 17.7 Å². The number of rotatable bonds is 0. The minimum Gasteiger partial charge on any atom is -0.207 e. The SMILES string of the molecule is Cc1cc(C#N)c(F)cc1F. The number of halogens is 2. The molecule has 56 valence electrons.